The zero-order valence-corrected chi connectivity index (χ0v) is 15.1. The van der Waals surface area contributed by atoms with Crippen LogP contribution < -0.4 is 5.32 Å². The summed E-state index contributed by atoms with van der Waals surface area (Å²) in [7, 11) is 2.10. The minimum Gasteiger partial charge on any atom is -0.326 e. The van der Waals surface area contributed by atoms with E-state index in [1.165, 1.54) is 0 Å². The fourth-order valence-corrected chi connectivity index (χ4v) is 3.03. The summed E-state index contributed by atoms with van der Waals surface area (Å²) in [6.07, 6.45) is 0.338. The van der Waals surface area contributed by atoms with Crippen LogP contribution >= 0.6 is 0 Å². The molecular weight excluding hydrogens is 326 g/mol. The van der Waals surface area contributed by atoms with Crippen molar-refractivity contribution in [2.75, 3.05) is 45.1 Å². The maximum absolute atomic E-state index is 12.4. The first kappa shape index (κ1) is 18.3. The van der Waals surface area contributed by atoms with Crippen molar-refractivity contribution < 1.29 is 9.59 Å². The van der Waals surface area contributed by atoms with E-state index in [4.69, 9.17) is 0 Å². The number of benzene rings is 2. The molecule has 1 N–H and O–H groups in total. The molecule has 0 atom stereocenters. The number of nitrogens with zero attached hydrogens (tertiary/aromatic N) is 2. The zero-order valence-electron chi connectivity index (χ0n) is 15.1. The molecule has 0 saturated carbocycles. The van der Waals surface area contributed by atoms with Crippen molar-refractivity contribution in [1.82, 2.24) is 9.80 Å². The summed E-state index contributed by atoms with van der Waals surface area (Å²) >= 11 is 0. The first-order valence-corrected chi connectivity index (χ1v) is 8.98. The van der Waals surface area contributed by atoms with Gasteiger partial charge in [0.05, 0.1) is 13.0 Å². The van der Waals surface area contributed by atoms with Crippen molar-refractivity contribution in [2.45, 2.75) is 6.42 Å². The number of likely N-dealkylation sites (N-methyl/N-ethyl adjacent to an activating group) is 1. The molecule has 26 heavy (non-hydrogen) atoms. The van der Waals surface area contributed by atoms with Gasteiger partial charge in [0, 0.05) is 37.4 Å². The zero-order chi connectivity index (χ0) is 18.4. The number of nitrogens with one attached hydrogen (secondary N) is 1. The maximum atomic E-state index is 12.4. The summed E-state index contributed by atoms with van der Waals surface area (Å²) in [4.78, 5) is 29.0. The Kier molecular flexibility index (Phi) is 6.15. The first-order chi connectivity index (χ1) is 12.6. The lowest BCUT2D eigenvalue weighted by molar-refractivity contribution is -0.115. The van der Waals surface area contributed by atoms with Gasteiger partial charge >= 0.3 is 0 Å². The Morgan fingerprint density at radius 3 is 2.23 bits per heavy atom. The van der Waals surface area contributed by atoms with Gasteiger partial charge in [-0.05, 0) is 36.9 Å². The van der Waals surface area contributed by atoms with Gasteiger partial charge in [0.25, 0.3) is 0 Å². The van der Waals surface area contributed by atoms with Gasteiger partial charge in [-0.2, -0.15) is 0 Å². The van der Waals surface area contributed by atoms with Crippen LogP contribution in [0.4, 0.5) is 5.69 Å². The molecule has 2 aromatic rings. The quantitative estimate of drug-likeness (QED) is 0.812. The number of Topliss-reactive ketones (excluding diaryl/α,β-unsaturated/α-hetero) is 1. The van der Waals surface area contributed by atoms with E-state index in [1.807, 2.05) is 30.3 Å². The number of carbonyl (C=O) groups excluding carboxylic acids is 2. The summed E-state index contributed by atoms with van der Waals surface area (Å²) in [5.41, 5.74) is 2.37. The Bertz CT molecular complexity index is 736. The number of hydrogen-bond donors (Lipinski definition) is 1. The highest BCUT2D eigenvalue weighted by Crippen LogP contribution is 2.12. The van der Waals surface area contributed by atoms with E-state index in [-0.39, 0.29) is 11.7 Å². The SMILES string of the molecule is CN1CCN(CC(=O)c2ccc(NC(=O)Cc3ccccc3)cc2)CC1. The van der Waals surface area contributed by atoms with Gasteiger partial charge in [0.1, 0.15) is 0 Å². The molecule has 0 radical (unpaired) electrons. The molecule has 5 nitrogen and oxygen atoms in total. The molecule has 0 unspecified atom stereocenters. The normalized spacial score (nSPS) is 15.6. The van der Waals surface area contributed by atoms with Gasteiger partial charge in [0.15, 0.2) is 5.78 Å². The van der Waals surface area contributed by atoms with E-state index in [2.05, 4.69) is 22.2 Å². The molecule has 5 heteroatoms. The van der Waals surface area contributed by atoms with E-state index in [1.54, 1.807) is 24.3 Å². The molecule has 1 aliphatic rings. The molecular formula is C21H25N3O2. The molecule has 0 aliphatic carbocycles. The average molecular weight is 351 g/mol. The van der Waals surface area contributed by atoms with E-state index >= 15 is 0 Å². The molecule has 1 fully saturated rings. The number of amides is 1. The topological polar surface area (TPSA) is 52.6 Å². The summed E-state index contributed by atoms with van der Waals surface area (Å²) < 4.78 is 0. The highest BCUT2D eigenvalue weighted by Gasteiger charge is 2.17. The molecule has 1 heterocycles. The van der Waals surface area contributed by atoms with Gasteiger partial charge in [-0.15, -0.1) is 0 Å². The van der Waals surface area contributed by atoms with Gasteiger partial charge < -0.3 is 10.2 Å². The minimum absolute atomic E-state index is 0.0623. The van der Waals surface area contributed by atoms with Gasteiger partial charge in [0.2, 0.25) is 5.91 Å². The summed E-state index contributed by atoms with van der Waals surface area (Å²) in [5.74, 6) is 0.0597. The van der Waals surface area contributed by atoms with E-state index in [9.17, 15) is 9.59 Å². The van der Waals surface area contributed by atoms with Crippen LogP contribution in [0.15, 0.2) is 54.6 Å². The predicted molar refractivity (Wildman–Crippen MR) is 103 cm³/mol. The Labute approximate surface area is 154 Å². The molecule has 0 bridgehead atoms. The third kappa shape index (κ3) is 5.25. The fourth-order valence-electron chi connectivity index (χ4n) is 3.03. The molecule has 2 aromatic carbocycles. The lowest BCUT2D eigenvalue weighted by atomic mass is 10.1. The third-order valence-corrected chi connectivity index (χ3v) is 4.66. The number of carbonyl (C=O) groups is 2. The summed E-state index contributed by atoms with van der Waals surface area (Å²) in [5, 5.41) is 2.88. The second kappa shape index (κ2) is 8.74. The number of ketones is 1. The van der Waals surface area contributed by atoms with Crippen LogP contribution in [0.2, 0.25) is 0 Å². The molecule has 0 spiro atoms. The predicted octanol–water partition coefficient (Wildman–Crippen LogP) is 2.30. The monoisotopic (exact) mass is 351 g/mol. The van der Waals surface area contributed by atoms with Crippen LogP contribution in [0.1, 0.15) is 15.9 Å². The van der Waals surface area contributed by atoms with Crippen LogP contribution in [-0.4, -0.2) is 61.3 Å². The number of hydrogen-bond acceptors (Lipinski definition) is 4. The van der Waals surface area contributed by atoms with Crippen molar-refractivity contribution in [2.24, 2.45) is 0 Å². The average Bonchev–Trinajstić information content (AvgIpc) is 2.65. The van der Waals surface area contributed by atoms with Crippen LogP contribution in [0.5, 0.6) is 0 Å². The standard InChI is InChI=1S/C21H25N3O2/c1-23-11-13-24(14-12-23)16-20(25)18-7-9-19(10-8-18)22-21(26)15-17-5-3-2-4-6-17/h2-10H,11-16H2,1H3,(H,22,26). The number of rotatable bonds is 6. The second-order valence-electron chi connectivity index (χ2n) is 6.79. The summed E-state index contributed by atoms with van der Waals surface area (Å²) in [6.45, 7) is 4.30. The van der Waals surface area contributed by atoms with Crippen LogP contribution in [0.25, 0.3) is 0 Å². The van der Waals surface area contributed by atoms with E-state index in [0.29, 0.717) is 24.2 Å². The molecule has 1 saturated heterocycles. The van der Waals surface area contributed by atoms with E-state index < -0.39 is 0 Å². The molecule has 1 amide bonds. The van der Waals surface area contributed by atoms with Crippen LogP contribution in [-0.2, 0) is 11.2 Å². The van der Waals surface area contributed by atoms with Gasteiger partial charge in [-0.3, -0.25) is 14.5 Å². The molecule has 0 aromatic heterocycles. The highest BCUT2D eigenvalue weighted by molar-refractivity contribution is 5.98. The number of piperazine rings is 1. The largest absolute Gasteiger partial charge is 0.326 e. The van der Waals surface area contributed by atoms with Gasteiger partial charge in [-0.1, -0.05) is 30.3 Å². The molecule has 3 rings (SSSR count). The van der Waals surface area contributed by atoms with Crippen molar-refractivity contribution in [3.8, 4) is 0 Å². The Morgan fingerprint density at radius 2 is 1.58 bits per heavy atom. The summed E-state index contributed by atoms with van der Waals surface area (Å²) in [6, 6.07) is 16.8. The second-order valence-corrected chi connectivity index (χ2v) is 6.79. The number of anilines is 1. The van der Waals surface area contributed by atoms with E-state index in [0.717, 1.165) is 31.7 Å². The minimum atomic E-state index is -0.0623. The maximum Gasteiger partial charge on any atom is 0.228 e. The molecule has 1 aliphatic heterocycles. The van der Waals surface area contributed by atoms with Crippen LogP contribution in [0.3, 0.4) is 0 Å². The van der Waals surface area contributed by atoms with Crippen LogP contribution in [0, 0.1) is 0 Å². The molecule has 136 valence electrons. The smallest absolute Gasteiger partial charge is 0.228 e. The third-order valence-electron chi connectivity index (χ3n) is 4.66. The highest BCUT2D eigenvalue weighted by atomic mass is 16.1. The van der Waals surface area contributed by atoms with Crippen molar-refractivity contribution in [3.63, 3.8) is 0 Å². The lowest BCUT2D eigenvalue weighted by Gasteiger charge is -2.31. The van der Waals surface area contributed by atoms with Crippen molar-refractivity contribution >= 4 is 17.4 Å². The Morgan fingerprint density at radius 1 is 0.923 bits per heavy atom. The van der Waals surface area contributed by atoms with Crippen molar-refractivity contribution in [1.29, 1.82) is 0 Å². The Hall–Kier alpha value is -2.50. The lowest BCUT2D eigenvalue weighted by Crippen LogP contribution is -2.46. The Balaban J connectivity index is 1.51. The van der Waals surface area contributed by atoms with Crippen molar-refractivity contribution in [3.05, 3.63) is 65.7 Å². The van der Waals surface area contributed by atoms with Gasteiger partial charge in [-0.25, -0.2) is 0 Å². The fraction of sp³-hybridized carbons (Fsp3) is 0.333. The first-order valence-electron chi connectivity index (χ1n) is 8.98.